The van der Waals surface area contributed by atoms with Crippen molar-refractivity contribution >= 4 is 5.97 Å². The van der Waals surface area contributed by atoms with Crippen molar-refractivity contribution in [1.29, 1.82) is 5.26 Å². The van der Waals surface area contributed by atoms with Crippen LogP contribution in [0.4, 0.5) is 13.2 Å². The summed E-state index contributed by atoms with van der Waals surface area (Å²) in [5.41, 5.74) is -1.90. The number of carbonyl (C=O) groups is 1. The van der Waals surface area contributed by atoms with Gasteiger partial charge in [0.15, 0.2) is 11.8 Å². The Morgan fingerprint density at radius 3 is 2.96 bits per heavy atom. The number of carbonyl (C=O) groups excluding carboxylic acids is 1. The molecular formula is C13H15F3N4O3. The summed E-state index contributed by atoms with van der Waals surface area (Å²) in [7, 11) is 0. The van der Waals surface area contributed by atoms with Gasteiger partial charge in [-0.3, -0.25) is 9.58 Å². The van der Waals surface area contributed by atoms with Crippen LogP contribution in [0.5, 0.6) is 0 Å². The zero-order chi connectivity index (χ0) is 17.0. The second-order valence-corrected chi connectivity index (χ2v) is 4.86. The van der Waals surface area contributed by atoms with E-state index in [0.29, 0.717) is 13.2 Å². The van der Waals surface area contributed by atoms with Crippen LogP contribution < -0.4 is 0 Å². The Morgan fingerprint density at radius 1 is 1.61 bits per heavy atom. The Morgan fingerprint density at radius 2 is 2.35 bits per heavy atom. The number of nitrogens with zero attached hydrogens (tertiary/aromatic N) is 4. The Hall–Kier alpha value is -2.12. The standard InChI is InChI=1S/C13H15F3N4O3/c1-2-22-12(21)10-7-20(18-11(10)13(14,15)16)8-19-3-4-23-9(5-17)6-19/h7,9H,2-4,6,8H2,1H3. The fraction of sp³-hybridized carbons (Fsp3) is 0.615. The fourth-order valence-corrected chi connectivity index (χ4v) is 2.18. The first-order valence-electron chi connectivity index (χ1n) is 6.90. The van der Waals surface area contributed by atoms with Crippen LogP contribution in [0.2, 0.25) is 0 Å². The molecule has 1 aromatic rings. The molecule has 7 nitrogen and oxygen atoms in total. The van der Waals surface area contributed by atoms with Crippen LogP contribution in [0.25, 0.3) is 0 Å². The number of alkyl halides is 3. The number of halogens is 3. The first-order valence-corrected chi connectivity index (χ1v) is 6.90. The predicted molar refractivity (Wildman–Crippen MR) is 70.1 cm³/mol. The molecule has 0 radical (unpaired) electrons. The molecule has 1 unspecified atom stereocenters. The molecule has 0 spiro atoms. The molecule has 23 heavy (non-hydrogen) atoms. The van der Waals surface area contributed by atoms with Gasteiger partial charge in [-0.1, -0.05) is 0 Å². The van der Waals surface area contributed by atoms with E-state index in [1.807, 2.05) is 6.07 Å². The number of hydrogen-bond acceptors (Lipinski definition) is 6. The lowest BCUT2D eigenvalue weighted by Crippen LogP contribution is -2.42. The second kappa shape index (κ2) is 6.97. The van der Waals surface area contributed by atoms with Crippen molar-refractivity contribution in [2.45, 2.75) is 25.9 Å². The van der Waals surface area contributed by atoms with Gasteiger partial charge in [0.05, 0.1) is 26.0 Å². The summed E-state index contributed by atoms with van der Waals surface area (Å²) in [6.07, 6.45) is -4.38. The van der Waals surface area contributed by atoms with E-state index in [1.165, 1.54) is 6.92 Å². The van der Waals surface area contributed by atoms with E-state index in [4.69, 9.17) is 10.00 Å². The lowest BCUT2D eigenvalue weighted by Gasteiger charge is -2.29. The van der Waals surface area contributed by atoms with Crippen molar-refractivity contribution < 1.29 is 27.4 Å². The van der Waals surface area contributed by atoms with Crippen LogP contribution in [0.1, 0.15) is 23.0 Å². The topological polar surface area (TPSA) is 80.4 Å². The number of aromatic nitrogens is 2. The van der Waals surface area contributed by atoms with Gasteiger partial charge in [-0.2, -0.15) is 23.5 Å². The lowest BCUT2D eigenvalue weighted by molar-refractivity contribution is -0.142. The summed E-state index contributed by atoms with van der Waals surface area (Å²) in [5.74, 6) is -1.07. The minimum absolute atomic E-state index is 0.0179. The number of morpholine rings is 1. The molecule has 2 heterocycles. The lowest BCUT2D eigenvalue weighted by atomic mass is 10.2. The van der Waals surface area contributed by atoms with Crippen LogP contribution in [0.3, 0.4) is 0 Å². The maximum absolute atomic E-state index is 13.0. The minimum atomic E-state index is -4.76. The predicted octanol–water partition coefficient (Wildman–Crippen LogP) is 1.26. The van der Waals surface area contributed by atoms with Crippen LogP contribution in [0.15, 0.2) is 6.20 Å². The molecule has 0 saturated carbocycles. The molecule has 0 aliphatic carbocycles. The van der Waals surface area contributed by atoms with Crippen LogP contribution >= 0.6 is 0 Å². The molecule has 1 saturated heterocycles. The van der Waals surface area contributed by atoms with E-state index in [2.05, 4.69) is 9.84 Å². The highest BCUT2D eigenvalue weighted by Crippen LogP contribution is 2.31. The zero-order valence-corrected chi connectivity index (χ0v) is 12.3. The monoisotopic (exact) mass is 332 g/mol. The van der Waals surface area contributed by atoms with Gasteiger partial charge < -0.3 is 9.47 Å². The molecule has 10 heteroatoms. The number of hydrogen-bond donors (Lipinski definition) is 0. The summed E-state index contributed by atoms with van der Waals surface area (Å²) < 4.78 is 49.8. The third-order valence-electron chi connectivity index (χ3n) is 3.17. The molecular weight excluding hydrogens is 317 g/mol. The van der Waals surface area contributed by atoms with Crippen LogP contribution in [0, 0.1) is 11.3 Å². The average Bonchev–Trinajstić information content (AvgIpc) is 2.92. The van der Waals surface area contributed by atoms with Gasteiger partial charge in [0.1, 0.15) is 5.56 Å². The van der Waals surface area contributed by atoms with Gasteiger partial charge in [0, 0.05) is 19.3 Å². The molecule has 0 aromatic carbocycles. The van der Waals surface area contributed by atoms with Crippen LogP contribution in [-0.4, -0.2) is 53.1 Å². The third-order valence-corrected chi connectivity index (χ3v) is 3.17. The molecule has 0 bridgehead atoms. The summed E-state index contributed by atoms with van der Waals surface area (Å²) in [5, 5.41) is 12.3. The van der Waals surface area contributed by atoms with E-state index in [-0.39, 0.29) is 19.8 Å². The van der Waals surface area contributed by atoms with E-state index in [0.717, 1.165) is 10.9 Å². The number of nitriles is 1. The Labute approximate surface area is 130 Å². The van der Waals surface area contributed by atoms with Crippen molar-refractivity contribution in [3.05, 3.63) is 17.5 Å². The molecule has 1 aromatic heterocycles. The summed E-state index contributed by atoms with van der Waals surface area (Å²) in [6.45, 7) is 2.50. The Bertz CT molecular complexity index is 609. The normalized spacial score (nSPS) is 19.3. The number of esters is 1. The van der Waals surface area contributed by atoms with Crippen molar-refractivity contribution in [2.24, 2.45) is 0 Å². The SMILES string of the molecule is CCOC(=O)c1cn(CN2CCOC(C#N)C2)nc1C(F)(F)F. The molecule has 0 N–H and O–H groups in total. The zero-order valence-electron chi connectivity index (χ0n) is 12.3. The van der Waals surface area contributed by atoms with E-state index in [1.54, 1.807) is 4.90 Å². The van der Waals surface area contributed by atoms with Gasteiger partial charge in [-0.05, 0) is 6.92 Å². The largest absolute Gasteiger partial charge is 0.462 e. The molecule has 1 aliphatic rings. The Kier molecular flexibility index (Phi) is 5.23. The smallest absolute Gasteiger partial charge is 0.436 e. The molecule has 1 aliphatic heterocycles. The average molecular weight is 332 g/mol. The summed E-state index contributed by atoms with van der Waals surface area (Å²) >= 11 is 0. The first kappa shape index (κ1) is 17.2. The van der Waals surface area contributed by atoms with Gasteiger partial charge in [0.2, 0.25) is 0 Å². The van der Waals surface area contributed by atoms with Gasteiger partial charge in [-0.15, -0.1) is 0 Å². The Balaban J connectivity index is 2.20. The highest BCUT2D eigenvalue weighted by atomic mass is 19.4. The molecule has 1 atom stereocenters. The van der Waals surface area contributed by atoms with Crippen molar-refractivity contribution in [1.82, 2.24) is 14.7 Å². The molecule has 0 amide bonds. The van der Waals surface area contributed by atoms with Crippen molar-refractivity contribution in [3.8, 4) is 6.07 Å². The highest BCUT2D eigenvalue weighted by molar-refractivity contribution is 5.90. The molecule has 2 rings (SSSR count). The first-order chi connectivity index (χ1) is 10.8. The highest BCUT2D eigenvalue weighted by Gasteiger charge is 2.40. The summed E-state index contributed by atoms with van der Waals surface area (Å²) in [6, 6.07) is 1.95. The van der Waals surface area contributed by atoms with E-state index in [9.17, 15) is 18.0 Å². The maximum Gasteiger partial charge on any atom is 0.436 e. The van der Waals surface area contributed by atoms with Gasteiger partial charge in [0.25, 0.3) is 0 Å². The van der Waals surface area contributed by atoms with E-state index >= 15 is 0 Å². The van der Waals surface area contributed by atoms with Gasteiger partial charge in [-0.25, -0.2) is 4.79 Å². The molecule has 1 fully saturated rings. The number of ether oxygens (including phenoxy) is 2. The third kappa shape index (κ3) is 4.20. The van der Waals surface area contributed by atoms with Crippen molar-refractivity contribution in [2.75, 3.05) is 26.3 Å². The fourth-order valence-electron chi connectivity index (χ4n) is 2.18. The van der Waals surface area contributed by atoms with Gasteiger partial charge >= 0.3 is 12.1 Å². The van der Waals surface area contributed by atoms with E-state index < -0.39 is 29.5 Å². The number of rotatable bonds is 4. The van der Waals surface area contributed by atoms with Crippen LogP contribution in [-0.2, 0) is 22.3 Å². The van der Waals surface area contributed by atoms with Crippen molar-refractivity contribution in [3.63, 3.8) is 0 Å². The molecule has 126 valence electrons. The summed E-state index contributed by atoms with van der Waals surface area (Å²) in [4.78, 5) is 13.4. The minimum Gasteiger partial charge on any atom is -0.462 e. The quantitative estimate of drug-likeness (QED) is 0.772. The maximum atomic E-state index is 13.0. The second-order valence-electron chi connectivity index (χ2n) is 4.86.